The Bertz CT molecular complexity index is 982. The number of carbonyl (C=O) groups excluding carboxylic acids is 1. The summed E-state index contributed by atoms with van der Waals surface area (Å²) in [5, 5.41) is 3.48. The Labute approximate surface area is 160 Å². The first-order valence-electron chi connectivity index (χ1n) is 8.70. The highest BCUT2D eigenvalue weighted by molar-refractivity contribution is 7.23. The molecule has 1 fully saturated rings. The molecule has 0 bridgehead atoms. The van der Waals surface area contributed by atoms with E-state index in [4.69, 9.17) is 9.47 Å². The van der Waals surface area contributed by atoms with Gasteiger partial charge in [-0.25, -0.2) is 9.97 Å². The van der Waals surface area contributed by atoms with Crippen LogP contribution in [-0.2, 0) is 4.74 Å². The van der Waals surface area contributed by atoms with Crippen molar-refractivity contribution >= 4 is 38.3 Å². The molecule has 1 N–H and O–H groups in total. The summed E-state index contributed by atoms with van der Waals surface area (Å²) in [7, 11) is 1.52. The van der Waals surface area contributed by atoms with Gasteiger partial charge >= 0.3 is 0 Å². The standard InChI is InChI=1S/C19H20N4O3S/c1-12-3-4-14(23-7-9-26-10-8-23)17-16(12)21-19(27-17)22-18(24)13-5-6-20-15(11-13)25-2/h3-6,11H,7-10H2,1-2H3,(H,21,22,24). The second-order valence-electron chi connectivity index (χ2n) is 6.24. The van der Waals surface area contributed by atoms with Crippen molar-refractivity contribution in [2.45, 2.75) is 6.92 Å². The summed E-state index contributed by atoms with van der Waals surface area (Å²) in [4.78, 5) is 23.6. The van der Waals surface area contributed by atoms with E-state index in [1.165, 1.54) is 18.4 Å². The maximum Gasteiger partial charge on any atom is 0.257 e. The van der Waals surface area contributed by atoms with Crippen molar-refractivity contribution in [2.75, 3.05) is 43.6 Å². The molecule has 1 aliphatic rings. The smallest absolute Gasteiger partial charge is 0.257 e. The number of pyridine rings is 1. The summed E-state index contributed by atoms with van der Waals surface area (Å²) in [5.41, 5.74) is 3.63. The van der Waals surface area contributed by atoms with Crippen LogP contribution in [0.25, 0.3) is 10.2 Å². The molecule has 3 heterocycles. The van der Waals surface area contributed by atoms with Gasteiger partial charge in [0.25, 0.3) is 5.91 Å². The molecule has 7 nitrogen and oxygen atoms in total. The number of ether oxygens (including phenoxy) is 2. The van der Waals surface area contributed by atoms with Crippen LogP contribution in [0.15, 0.2) is 30.5 Å². The maximum absolute atomic E-state index is 12.6. The summed E-state index contributed by atoms with van der Waals surface area (Å²) >= 11 is 1.49. The van der Waals surface area contributed by atoms with Crippen molar-refractivity contribution in [1.82, 2.24) is 9.97 Å². The Kier molecular flexibility index (Phi) is 4.91. The summed E-state index contributed by atoms with van der Waals surface area (Å²) in [5.74, 6) is 0.165. The lowest BCUT2D eigenvalue weighted by Crippen LogP contribution is -2.36. The number of aryl methyl sites for hydroxylation is 1. The molecule has 0 aliphatic carbocycles. The minimum atomic E-state index is -0.236. The zero-order valence-electron chi connectivity index (χ0n) is 15.2. The first-order chi connectivity index (χ1) is 13.2. The number of fused-ring (bicyclic) bond motifs is 1. The molecule has 0 atom stereocenters. The predicted octanol–water partition coefficient (Wildman–Crippen LogP) is 3.10. The number of methoxy groups -OCH3 is 1. The van der Waals surface area contributed by atoms with Gasteiger partial charge in [-0.2, -0.15) is 0 Å². The number of benzene rings is 1. The quantitative estimate of drug-likeness (QED) is 0.745. The molecular weight excluding hydrogens is 364 g/mol. The zero-order chi connectivity index (χ0) is 18.8. The monoisotopic (exact) mass is 384 g/mol. The average molecular weight is 384 g/mol. The number of hydrogen-bond donors (Lipinski definition) is 1. The Morgan fingerprint density at radius 1 is 1.30 bits per heavy atom. The van der Waals surface area contributed by atoms with Gasteiger partial charge in [0.1, 0.15) is 0 Å². The van der Waals surface area contributed by atoms with Gasteiger partial charge in [0.15, 0.2) is 5.13 Å². The number of rotatable bonds is 4. The van der Waals surface area contributed by atoms with E-state index in [0.29, 0.717) is 16.6 Å². The van der Waals surface area contributed by atoms with Gasteiger partial charge in [-0.15, -0.1) is 0 Å². The topological polar surface area (TPSA) is 76.6 Å². The highest BCUT2D eigenvalue weighted by Gasteiger charge is 2.19. The van der Waals surface area contributed by atoms with Crippen molar-refractivity contribution in [3.63, 3.8) is 0 Å². The van der Waals surface area contributed by atoms with Crippen molar-refractivity contribution in [3.8, 4) is 5.88 Å². The number of amides is 1. The van der Waals surface area contributed by atoms with Gasteiger partial charge < -0.3 is 14.4 Å². The molecule has 1 saturated heterocycles. The van der Waals surface area contributed by atoms with E-state index >= 15 is 0 Å². The summed E-state index contributed by atoms with van der Waals surface area (Å²) in [6, 6.07) is 7.45. The summed E-state index contributed by atoms with van der Waals surface area (Å²) < 4.78 is 11.6. The molecule has 0 unspecified atom stereocenters. The third-order valence-electron chi connectivity index (χ3n) is 4.50. The number of thiazole rings is 1. The first kappa shape index (κ1) is 17.7. The molecule has 140 valence electrons. The van der Waals surface area contributed by atoms with E-state index in [9.17, 15) is 4.79 Å². The number of hydrogen-bond acceptors (Lipinski definition) is 7. The number of nitrogens with zero attached hydrogens (tertiary/aromatic N) is 3. The minimum Gasteiger partial charge on any atom is -0.481 e. The Balaban J connectivity index is 1.64. The van der Waals surface area contributed by atoms with Gasteiger partial charge in [-0.3, -0.25) is 10.1 Å². The van der Waals surface area contributed by atoms with E-state index in [0.717, 1.165) is 47.8 Å². The van der Waals surface area contributed by atoms with Gasteiger partial charge in [-0.05, 0) is 24.6 Å². The van der Waals surface area contributed by atoms with Crippen LogP contribution in [0.1, 0.15) is 15.9 Å². The highest BCUT2D eigenvalue weighted by Crippen LogP contribution is 2.36. The van der Waals surface area contributed by atoms with Crippen molar-refractivity contribution in [2.24, 2.45) is 0 Å². The molecule has 0 radical (unpaired) electrons. The molecule has 3 aromatic rings. The van der Waals surface area contributed by atoms with Gasteiger partial charge in [0.2, 0.25) is 5.88 Å². The average Bonchev–Trinajstić information content (AvgIpc) is 3.13. The largest absolute Gasteiger partial charge is 0.481 e. The molecule has 1 aliphatic heterocycles. The third kappa shape index (κ3) is 3.58. The van der Waals surface area contributed by atoms with Crippen LogP contribution in [0, 0.1) is 6.92 Å². The fourth-order valence-electron chi connectivity index (χ4n) is 3.06. The van der Waals surface area contributed by atoms with Crippen LogP contribution >= 0.6 is 11.3 Å². The molecule has 8 heteroatoms. The SMILES string of the molecule is COc1cc(C(=O)Nc2nc3c(C)ccc(N4CCOCC4)c3s2)ccn1. The summed E-state index contributed by atoms with van der Waals surface area (Å²) in [6.45, 7) is 5.19. The lowest BCUT2D eigenvalue weighted by Gasteiger charge is -2.29. The van der Waals surface area contributed by atoms with E-state index in [1.54, 1.807) is 18.3 Å². The fourth-order valence-corrected chi connectivity index (χ4v) is 4.14. The normalized spacial score (nSPS) is 14.4. The lowest BCUT2D eigenvalue weighted by molar-refractivity contribution is 0.102. The Morgan fingerprint density at radius 2 is 2.11 bits per heavy atom. The molecule has 4 rings (SSSR count). The lowest BCUT2D eigenvalue weighted by atomic mass is 10.2. The van der Waals surface area contributed by atoms with Gasteiger partial charge in [-0.1, -0.05) is 17.4 Å². The second kappa shape index (κ2) is 7.50. The van der Waals surface area contributed by atoms with E-state index < -0.39 is 0 Å². The van der Waals surface area contributed by atoms with Crippen LogP contribution in [0.2, 0.25) is 0 Å². The second-order valence-corrected chi connectivity index (χ2v) is 7.24. The van der Waals surface area contributed by atoms with Crippen LogP contribution in [0.3, 0.4) is 0 Å². The van der Waals surface area contributed by atoms with Crippen molar-refractivity contribution in [1.29, 1.82) is 0 Å². The number of anilines is 2. The molecule has 1 amide bonds. The van der Waals surface area contributed by atoms with Gasteiger partial charge in [0, 0.05) is 30.9 Å². The first-order valence-corrected chi connectivity index (χ1v) is 9.51. The number of nitrogens with one attached hydrogen (secondary N) is 1. The number of morpholine rings is 1. The molecule has 1 aromatic carbocycles. The Hall–Kier alpha value is -2.71. The summed E-state index contributed by atoms with van der Waals surface area (Å²) in [6.07, 6.45) is 1.55. The number of aromatic nitrogens is 2. The molecule has 0 saturated carbocycles. The van der Waals surface area contributed by atoms with Crippen LogP contribution in [0.4, 0.5) is 10.8 Å². The molecule has 27 heavy (non-hydrogen) atoms. The molecule has 2 aromatic heterocycles. The third-order valence-corrected chi connectivity index (χ3v) is 5.50. The van der Waals surface area contributed by atoms with E-state index in [1.807, 2.05) is 6.92 Å². The van der Waals surface area contributed by atoms with Crippen LogP contribution in [0.5, 0.6) is 5.88 Å². The molecular formula is C19H20N4O3S. The maximum atomic E-state index is 12.6. The Morgan fingerprint density at radius 3 is 2.89 bits per heavy atom. The van der Waals surface area contributed by atoms with E-state index in [-0.39, 0.29) is 5.91 Å². The van der Waals surface area contributed by atoms with Crippen molar-refractivity contribution < 1.29 is 14.3 Å². The highest BCUT2D eigenvalue weighted by atomic mass is 32.1. The van der Waals surface area contributed by atoms with Gasteiger partial charge in [0.05, 0.1) is 36.2 Å². The fraction of sp³-hybridized carbons (Fsp3) is 0.316. The molecule has 0 spiro atoms. The predicted molar refractivity (Wildman–Crippen MR) is 106 cm³/mol. The zero-order valence-corrected chi connectivity index (χ0v) is 16.0. The van der Waals surface area contributed by atoms with E-state index in [2.05, 4.69) is 32.3 Å². The van der Waals surface area contributed by atoms with Crippen molar-refractivity contribution in [3.05, 3.63) is 41.6 Å². The minimum absolute atomic E-state index is 0.236. The van der Waals surface area contributed by atoms with Crippen LogP contribution < -0.4 is 15.0 Å². The number of carbonyl (C=O) groups is 1. The van der Waals surface area contributed by atoms with Crippen LogP contribution in [-0.4, -0.2) is 49.3 Å².